The Morgan fingerprint density at radius 3 is 2.89 bits per heavy atom. The van der Waals surface area contributed by atoms with Gasteiger partial charge in [0, 0.05) is 0 Å². The third-order valence-corrected chi connectivity index (χ3v) is 2.17. The Kier molecular flexibility index (Phi) is 2.69. The number of nitrogens with one attached hydrogen (secondary N) is 1. The minimum absolute atomic E-state index is 0.650. The fraction of sp³-hybridized carbons (Fsp3) is 0.200. The number of thiol groups is 1. The fourth-order valence-electron chi connectivity index (χ4n) is 0.487. The summed E-state index contributed by atoms with van der Waals surface area (Å²) in [6.07, 6.45) is 0. The van der Waals surface area contributed by atoms with Crippen LogP contribution in [0.4, 0.5) is 5.00 Å². The molecule has 0 amide bonds. The van der Waals surface area contributed by atoms with E-state index in [2.05, 4.69) is 17.9 Å². The van der Waals surface area contributed by atoms with Crippen LogP contribution in [0.1, 0.15) is 0 Å². The van der Waals surface area contributed by atoms with Crippen LogP contribution < -0.4 is 5.32 Å². The minimum atomic E-state index is 0.650. The van der Waals surface area contributed by atoms with Crippen LogP contribution in [0.2, 0.25) is 4.34 Å². The first-order chi connectivity index (χ1) is 4.33. The average molecular weight is 180 g/mol. The quantitative estimate of drug-likeness (QED) is 0.526. The third kappa shape index (κ3) is 2.08. The first-order valence-electron chi connectivity index (χ1n) is 2.43. The number of hydrogen-bond donors (Lipinski definition) is 2. The molecule has 0 aromatic carbocycles. The van der Waals surface area contributed by atoms with Gasteiger partial charge in [0.2, 0.25) is 0 Å². The molecule has 0 aliphatic rings. The predicted octanol–water partition coefficient (Wildman–Crippen LogP) is 2.70. The topological polar surface area (TPSA) is 12.0 Å². The highest BCUT2D eigenvalue weighted by Crippen LogP contribution is 2.25. The summed E-state index contributed by atoms with van der Waals surface area (Å²) in [6.45, 7) is 0. The van der Waals surface area contributed by atoms with Crippen LogP contribution in [0.3, 0.4) is 0 Å². The Hall–Kier alpha value is 0.140. The zero-order chi connectivity index (χ0) is 6.69. The van der Waals surface area contributed by atoms with Crippen LogP contribution in [0.25, 0.3) is 0 Å². The highest BCUT2D eigenvalue weighted by molar-refractivity contribution is 7.80. The van der Waals surface area contributed by atoms with Gasteiger partial charge in [-0.3, -0.25) is 0 Å². The molecule has 9 heavy (non-hydrogen) atoms. The molecule has 0 radical (unpaired) electrons. The molecule has 4 heteroatoms. The SMILES string of the molecule is SCNc1ccc(Cl)s1. The first-order valence-corrected chi connectivity index (χ1v) is 4.25. The summed E-state index contributed by atoms with van der Waals surface area (Å²) in [5.41, 5.74) is 0. The molecule has 1 rings (SSSR count). The van der Waals surface area contributed by atoms with Gasteiger partial charge in [0.15, 0.2) is 0 Å². The van der Waals surface area contributed by atoms with E-state index in [1.807, 2.05) is 12.1 Å². The lowest BCUT2D eigenvalue weighted by molar-refractivity contribution is 1.54. The zero-order valence-electron chi connectivity index (χ0n) is 4.60. The van der Waals surface area contributed by atoms with Crippen LogP contribution in [-0.2, 0) is 0 Å². The van der Waals surface area contributed by atoms with Crippen molar-refractivity contribution in [1.82, 2.24) is 0 Å². The maximum absolute atomic E-state index is 5.65. The van der Waals surface area contributed by atoms with E-state index in [-0.39, 0.29) is 0 Å². The number of rotatable bonds is 2. The molecule has 1 nitrogen and oxygen atoms in total. The molecule has 0 atom stereocenters. The van der Waals surface area contributed by atoms with Crippen molar-refractivity contribution in [1.29, 1.82) is 0 Å². The fourth-order valence-corrected chi connectivity index (χ4v) is 1.70. The Morgan fingerprint density at radius 2 is 2.44 bits per heavy atom. The van der Waals surface area contributed by atoms with E-state index in [1.54, 1.807) is 0 Å². The minimum Gasteiger partial charge on any atom is -0.368 e. The van der Waals surface area contributed by atoms with Gasteiger partial charge in [-0.05, 0) is 12.1 Å². The average Bonchev–Trinajstić information content (AvgIpc) is 2.17. The molecule has 0 aliphatic heterocycles. The Labute approximate surface area is 68.4 Å². The second-order valence-electron chi connectivity index (χ2n) is 1.44. The van der Waals surface area contributed by atoms with Gasteiger partial charge in [0.25, 0.3) is 0 Å². The summed E-state index contributed by atoms with van der Waals surface area (Å²) < 4.78 is 0.805. The summed E-state index contributed by atoms with van der Waals surface area (Å²) in [5.74, 6) is 0.650. The van der Waals surface area contributed by atoms with E-state index >= 15 is 0 Å². The maximum Gasteiger partial charge on any atom is 0.0950 e. The smallest absolute Gasteiger partial charge is 0.0950 e. The molecule has 0 bridgehead atoms. The Morgan fingerprint density at radius 1 is 1.67 bits per heavy atom. The maximum atomic E-state index is 5.65. The summed E-state index contributed by atoms with van der Waals surface area (Å²) in [6, 6.07) is 3.79. The molecule has 1 N–H and O–H groups in total. The van der Waals surface area contributed by atoms with Crippen LogP contribution in [-0.4, -0.2) is 5.88 Å². The molecule has 50 valence electrons. The van der Waals surface area contributed by atoms with E-state index in [0.717, 1.165) is 9.34 Å². The van der Waals surface area contributed by atoms with Gasteiger partial charge < -0.3 is 5.32 Å². The Balaban J connectivity index is 2.61. The molecule has 0 aliphatic carbocycles. The molecule has 0 fully saturated rings. The first kappa shape index (κ1) is 7.25. The van der Waals surface area contributed by atoms with Crippen molar-refractivity contribution in [2.45, 2.75) is 0 Å². The molecule has 0 unspecified atom stereocenters. The molecule has 1 heterocycles. The van der Waals surface area contributed by atoms with Crippen molar-refractivity contribution in [3.8, 4) is 0 Å². The van der Waals surface area contributed by atoms with Crippen LogP contribution in [0.5, 0.6) is 0 Å². The number of thiophene rings is 1. The molecule has 1 aromatic rings. The van der Waals surface area contributed by atoms with Gasteiger partial charge in [0.1, 0.15) is 0 Å². The second-order valence-corrected chi connectivity index (χ2v) is 3.47. The van der Waals surface area contributed by atoms with Gasteiger partial charge in [-0.2, -0.15) is 12.6 Å². The van der Waals surface area contributed by atoms with E-state index in [4.69, 9.17) is 11.6 Å². The van der Waals surface area contributed by atoms with Gasteiger partial charge in [-0.15, -0.1) is 11.3 Å². The van der Waals surface area contributed by atoms with Crippen molar-refractivity contribution in [2.75, 3.05) is 11.2 Å². The molecule has 1 aromatic heterocycles. The van der Waals surface area contributed by atoms with Crippen molar-refractivity contribution < 1.29 is 0 Å². The highest BCUT2D eigenvalue weighted by Gasteiger charge is 1.92. The lowest BCUT2D eigenvalue weighted by Crippen LogP contribution is -1.89. The van der Waals surface area contributed by atoms with Crippen molar-refractivity contribution in [2.24, 2.45) is 0 Å². The van der Waals surface area contributed by atoms with Crippen LogP contribution in [0.15, 0.2) is 12.1 Å². The van der Waals surface area contributed by atoms with Gasteiger partial charge in [0.05, 0.1) is 15.2 Å². The van der Waals surface area contributed by atoms with Crippen molar-refractivity contribution in [3.05, 3.63) is 16.5 Å². The predicted molar refractivity (Wildman–Crippen MR) is 46.8 cm³/mol. The largest absolute Gasteiger partial charge is 0.368 e. The summed E-state index contributed by atoms with van der Waals surface area (Å²) in [4.78, 5) is 0. The molecule has 0 saturated heterocycles. The van der Waals surface area contributed by atoms with Crippen LogP contribution >= 0.6 is 35.6 Å². The van der Waals surface area contributed by atoms with Gasteiger partial charge >= 0.3 is 0 Å². The van der Waals surface area contributed by atoms with E-state index in [1.165, 1.54) is 11.3 Å². The Bertz CT molecular complexity index is 187. The second kappa shape index (κ2) is 3.34. The van der Waals surface area contributed by atoms with Gasteiger partial charge in [-0.1, -0.05) is 11.6 Å². The molecule has 0 saturated carbocycles. The lowest BCUT2D eigenvalue weighted by atomic mass is 10.6. The molecular formula is C5H6ClNS2. The van der Waals surface area contributed by atoms with E-state index < -0.39 is 0 Å². The normalized spacial score (nSPS) is 9.56. The third-order valence-electron chi connectivity index (χ3n) is 0.826. The van der Waals surface area contributed by atoms with Crippen LogP contribution in [0, 0.1) is 0 Å². The van der Waals surface area contributed by atoms with Gasteiger partial charge in [-0.25, -0.2) is 0 Å². The summed E-state index contributed by atoms with van der Waals surface area (Å²) >= 11 is 11.2. The van der Waals surface area contributed by atoms with Crippen molar-refractivity contribution >= 4 is 40.6 Å². The van der Waals surface area contributed by atoms with E-state index in [0.29, 0.717) is 5.88 Å². The number of halogens is 1. The lowest BCUT2D eigenvalue weighted by Gasteiger charge is -1.93. The summed E-state index contributed by atoms with van der Waals surface area (Å²) in [5, 5.41) is 4.09. The number of hydrogen-bond acceptors (Lipinski definition) is 3. The summed E-state index contributed by atoms with van der Waals surface area (Å²) in [7, 11) is 0. The highest BCUT2D eigenvalue weighted by atomic mass is 35.5. The molecule has 0 spiro atoms. The monoisotopic (exact) mass is 179 g/mol. The zero-order valence-corrected chi connectivity index (χ0v) is 7.06. The standard InChI is InChI=1S/C5H6ClNS2/c6-4-1-2-5(9-4)7-3-8/h1-2,7-8H,3H2. The van der Waals surface area contributed by atoms with Crippen molar-refractivity contribution in [3.63, 3.8) is 0 Å². The van der Waals surface area contributed by atoms with E-state index in [9.17, 15) is 0 Å². The molecular weight excluding hydrogens is 174 g/mol. The number of anilines is 1.